The zero-order chi connectivity index (χ0) is 15.7. The van der Waals surface area contributed by atoms with Gasteiger partial charge in [0.25, 0.3) is 0 Å². The number of anilines is 2. The van der Waals surface area contributed by atoms with Gasteiger partial charge in [-0.2, -0.15) is 0 Å². The minimum absolute atomic E-state index is 0.0660. The molecule has 3 rings (SSSR count). The normalized spacial score (nSPS) is 24.0. The molecule has 1 fully saturated rings. The average Bonchev–Trinajstić information content (AvgIpc) is 2.91. The lowest BCUT2D eigenvalue weighted by Crippen LogP contribution is -2.46. The molecule has 5 nitrogen and oxygen atoms in total. The van der Waals surface area contributed by atoms with Crippen LogP contribution in [0.3, 0.4) is 0 Å². The van der Waals surface area contributed by atoms with Gasteiger partial charge in [0.05, 0.1) is 5.41 Å². The molecule has 1 saturated heterocycles. The van der Waals surface area contributed by atoms with E-state index < -0.39 is 0 Å². The summed E-state index contributed by atoms with van der Waals surface area (Å²) in [4.78, 5) is 25.9. The van der Waals surface area contributed by atoms with E-state index in [0.717, 1.165) is 55.8 Å². The molecule has 2 amide bonds. The van der Waals surface area contributed by atoms with Gasteiger partial charge in [0.2, 0.25) is 11.8 Å². The molecule has 1 unspecified atom stereocenters. The van der Waals surface area contributed by atoms with Gasteiger partial charge in [0.15, 0.2) is 0 Å². The first kappa shape index (κ1) is 15.0. The maximum absolute atomic E-state index is 12.5. The lowest BCUT2D eigenvalue weighted by Gasteiger charge is -2.32. The number of benzene rings is 1. The van der Waals surface area contributed by atoms with Crippen LogP contribution in [0.25, 0.3) is 0 Å². The summed E-state index contributed by atoms with van der Waals surface area (Å²) in [6.45, 7) is 6.04. The molecule has 1 atom stereocenters. The summed E-state index contributed by atoms with van der Waals surface area (Å²) in [5, 5.41) is 6.34. The van der Waals surface area contributed by atoms with Gasteiger partial charge in [-0.05, 0) is 56.5 Å². The molecule has 0 saturated carbocycles. The van der Waals surface area contributed by atoms with Gasteiger partial charge in [-0.1, -0.05) is 0 Å². The van der Waals surface area contributed by atoms with Crippen molar-refractivity contribution in [3.8, 4) is 0 Å². The van der Waals surface area contributed by atoms with Crippen LogP contribution in [0.1, 0.15) is 32.3 Å². The minimum Gasteiger partial charge on any atom is -0.326 e. The van der Waals surface area contributed by atoms with Crippen LogP contribution >= 0.6 is 0 Å². The second-order valence-corrected chi connectivity index (χ2v) is 6.56. The third-order valence-electron chi connectivity index (χ3n) is 4.76. The van der Waals surface area contributed by atoms with Crippen molar-refractivity contribution in [3.05, 3.63) is 23.8 Å². The number of piperidine rings is 1. The van der Waals surface area contributed by atoms with Crippen LogP contribution in [0.2, 0.25) is 0 Å². The number of amides is 2. The van der Waals surface area contributed by atoms with Gasteiger partial charge in [0.1, 0.15) is 0 Å². The van der Waals surface area contributed by atoms with E-state index in [1.807, 2.05) is 25.1 Å². The highest BCUT2D eigenvalue weighted by molar-refractivity contribution is 5.97. The van der Waals surface area contributed by atoms with Crippen LogP contribution in [-0.2, 0) is 16.0 Å². The molecule has 1 aromatic rings. The summed E-state index contributed by atoms with van der Waals surface area (Å²) >= 11 is 0. The van der Waals surface area contributed by atoms with E-state index >= 15 is 0 Å². The Bertz CT molecular complexity index is 606. The Morgan fingerprint density at radius 2 is 2.18 bits per heavy atom. The van der Waals surface area contributed by atoms with Crippen LogP contribution in [0.4, 0.5) is 11.4 Å². The first-order valence-electron chi connectivity index (χ1n) is 7.93. The van der Waals surface area contributed by atoms with Gasteiger partial charge < -0.3 is 15.5 Å². The number of carbonyl (C=O) groups excluding carboxylic acids is 2. The smallest absolute Gasteiger partial charge is 0.231 e. The SMILES string of the molecule is CC(=O)N1CCc2cc(NC(=O)C3(C)CCCNC3)ccc21. The van der Waals surface area contributed by atoms with Crippen LogP contribution in [0, 0.1) is 5.41 Å². The maximum atomic E-state index is 12.5. The van der Waals surface area contributed by atoms with Crippen LogP contribution < -0.4 is 15.5 Å². The van der Waals surface area contributed by atoms with Crippen LogP contribution in [0.5, 0.6) is 0 Å². The fourth-order valence-corrected chi connectivity index (χ4v) is 3.34. The summed E-state index contributed by atoms with van der Waals surface area (Å²) in [6, 6.07) is 5.81. The Kier molecular flexibility index (Phi) is 3.91. The topological polar surface area (TPSA) is 61.4 Å². The highest BCUT2D eigenvalue weighted by Gasteiger charge is 2.34. The van der Waals surface area contributed by atoms with Crippen molar-refractivity contribution >= 4 is 23.2 Å². The molecule has 0 aromatic heterocycles. The fraction of sp³-hybridized carbons (Fsp3) is 0.529. The second kappa shape index (κ2) is 5.72. The van der Waals surface area contributed by atoms with Crippen LogP contribution in [-0.4, -0.2) is 31.4 Å². The number of carbonyl (C=O) groups is 2. The van der Waals surface area contributed by atoms with Crippen molar-refractivity contribution in [2.24, 2.45) is 5.41 Å². The molecule has 5 heteroatoms. The van der Waals surface area contributed by atoms with E-state index in [4.69, 9.17) is 0 Å². The van der Waals surface area contributed by atoms with E-state index in [0.29, 0.717) is 0 Å². The molecule has 118 valence electrons. The Labute approximate surface area is 131 Å². The van der Waals surface area contributed by atoms with Gasteiger partial charge >= 0.3 is 0 Å². The van der Waals surface area contributed by atoms with Crippen molar-refractivity contribution in [2.45, 2.75) is 33.1 Å². The molecule has 2 heterocycles. The Morgan fingerprint density at radius 1 is 1.36 bits per heavy atom. The minimum atomic E-state index is -0.345. The lowest BCUT2D eigenvalue weighted by atomic mass is 9.82. The Morgan fingerprint density at radius 3 is 2.86 bits per heavy atom. The Hall–Kier alpha value is -1.88. The number of hydrogen-bond donors (Lipinski definition) is 2. The molecule has 0 bridgehead atoms. The van der Waals surface area contributed by atoms with Crippen molar-refractivity contribution in [3.63, 3.8) is 0 Å². The molecule has 0 aliphatic carbocycles. The number of rotatable bonds is 2. The molecule has 2 aliphatic rings. The Balaban J connectivity index is 1.74. The van der Waals surface area contributed by atoms with Gasteiger partial charge in [-0.3, -0.25) is 9.59 Å². The number of fused-ring (bicyclic) bond motifs is 1. The third-order valence-corrected chi connectivity index (χ3v) is 4.76. The second-order valence-electron chi connectivity index (χ2n) is 6.56. The number of nitrogens with zero attached hydrogens (tertiary/aromatic N) is 1. The molecular weight excluding hydrogens is 278 g/mol. The number of nitrogens with one attached hydrogen (secondary N) is 2. The summed E-state index contributed by atoms with van der Waals surface area (Å²) in [5.74, 6) is 0.136. The summed E-state index contributed by atoms with van der Waals surface area (Å²) < 4.78 is 0. The molecule has 1 aromatic carbocycles. The average molecular weight is 301 g/mol. The fourth-order valence-electron chi connectivity index (χ4n) is 3.34. The summed E-state index contributed by atoms with van der Waals surface area (Å²) in [7, 11) is 0. The van der Waals surface area contributed by atoms with E-state index in [1.54, 1.807) is 11.8 Å². The van der Waals surface area contributed by atoms with E-state index in [9.17, 15) is 9.59 Å². The van der Waals surface area contributed by atoms with Gasteiger partial charge in [-0.15, -0.1) is 0 Å². The van der Waals surface area contributed by atoms with Crippen molar-refractivity contribution in [1.29, 1.82) is 0 Å². The first-order valence-corrected chi connectivity index (χ1v) is 7.93. The first-order chi connectivity index (χ1) is 10.5. The zero-order valence-corrected chi connectivity index (χ0v) is 13.2. The molecule has 0 radical (unpaired) electrons. The molecule has 2 aliphatic heterocycles. The van der Waals surface area contributed by atoms with Crippen molar-refractivity contribution < 1.29 is 9.59 Å². The van der Waals surface area contributed by atoms with Gasteiger partial charge in [-0.25, -0.2) is 0 Å². The summed E-state index contributed by atoms with van der Waals surface area (Å²) in [6.07, 6.45) is 2.79. The summed E-state index contributed by atoms with van der Waals surface area (Å²) in [5.41, 5.74) is 2.57. The van der Waals surface area contributed by atoms with E-state index in [2.05, 4.69) is 10.6 Å². The molecule has 2 N–H and O–H groups in total. The van der Waals surface area contributed by atoms with Gasteiger partial charge in [0, 0.05) is 31.4 Å². The molecular formula is C17H23N3O2. The molecule has 22 heavy (non-hydrogen) atoms. The maximum Gasteiger partial charge on any atom is 0.231 e. The predicted molar refractivity (Wildman–Crippen MR) is 87.0 cm³/mol. The number of hydrogen-bond acceptors (Lipinski definition) is 3. The standard InChI is InChI=1S/C17H23N3O2/c1-12(21)20-9-6-13-10-14(4-5-15(13)20)19-16(22)17(2)7-3-8-18-11-17/h4-5,10,18H,3,6-9,11H2,1-2H3,(H,19,22). The largest absolute Gasteiger partial charge is 0.326 e. The zero-order valence-electron chi connectivity index (χ0n) is 13.2. The highest BCUT2D eigenvalue weighted by atomic mass is 16.2. The van der Waals surface area contributed by atoms with Crippen LogP contribution in [0.15, 0.2) is 18.2 Å². The van der Waals surface area contributed by atoms with E-state index in [-0.39, 0.29) is 17.2 Å². The predicted octanol–water partition coefficient (Wildman–Crippen LogP) is 1.92. The van der Waals surface area contributed by atoms with Crippen molar-refractivity contribution in [2.75, 3.05) is 29.9 Å². The third kappa shape index (κ3) is 2.73. The van der Waals surface area contributed by atoms with Crippen molar-refractivity contribution in [1.82, 2.24) is 5.32 Å². The van der Waals surface area contributed by atoms with E-state index in [1.165, 1.54) is 0 Å². The quantitative estimate of drug-likeness (QED) is 0.877. The highest BCUT2D eigenvalue weighted by Crippen LogP contribution is 2.32. The molecule has 0 spiro atoms. The monoisotopic (exact) mass is 301 g/mol. The lowest BCUT2D eigenvalue weighted by molar-refractivity contribution is -0.125.